The molecule has 0 saturated carbocycles. The zero-order valence-corrected chi connectivity index (χ0v) is 8.77. The maximum absolute atomic E-state index is 4.80. The minimum absolute atomic E-state index is 0. The molecule has 0 amide bonds. The largest absolute Gasteiger partial charge is 0.443 e. The second-order valence-corrected chi connectivity index (χ2v) is 0.960. The standard InChI is InChI=1S/C4H9BO.U/c1-3-4-6-5-2;/h1,3-4H2,2H3;/q-1;. The van der Waals surface area contributed by atoms with Gasteiger partial charge in [0, 0.05) is 37.7 Å². The van der Waals surface area contributed by atoms with E-state index in [0.29, 0.717) is 0 Å². The van der Waals surface area contributed by atoms with Gasteiger partial charge in [0.25, 0.3) is 7.48 Å². The third kappa shape index (κ3) is 11.0. The molecule has 0 atom stereocenters. The van der Waals surface area contributed by atoms with Crippen molar-refractivity contribution in [2.45, 2.75) is 13.2 Å². The summed E-state index contributed by atoms with van der Waals surface area (Å²) >= 11 is 0. The van der Waals surface area contributed by atoms with E-state index < -0.39 is 0 Å². The van der Waals surface area contributed by atoms with Gasteiger partial charge in [-0.1, -0.05) is 6.82 Å². The van der Waals surface area contributed by atoms with Gasteiger partial charge >= 0.3 is 0 Å². The summed E-state index contributed by atoms with van der Waals surface area (Å²) in [6.07, 6.45) is 0.852. The molecule has 0 aliphatic heterocycles. The van der Waals surface area contributed by atoms with Gasteiger partial charge in [-0.2, -0.15) is 6.42 Å². The Labute approximate surface area is 69.8 Å². The van der Waals surface area contributed by atoms with Crippen molar-refractivity contribution >= 4 is 7.48 Å². The van der Waals surface area contributed by atoms with Crippen molar-refractivity contribution in [3.8, 4) is 0 Å². The summed E-state index contributed by atoms with van der Waals surface area (Å²) in [5.41, 5.74) is 0. The quantitative estimate of drug-likeness (QED) is 0.426. The topological polar surface area (TPSA) is 9.23 Å². The zero-order chi connectivity index (χ0) is 4.83. The first-order valence-electron chi connectivity index (χ1n) is 2.10. The molecule has 0 aromatic heterocycles. The Hall–Kier alpha value is 1.08. The maximum atomic E-state index is 4.80. The van der Waals surface area contributed by atoms with Gasteiger partial charge in [-0.25, -0.2) is 0 Å². The third-order valence-corrected chi connectivity index (χ3v) is 0.429. The normalized spacial score (nSPS) is 7.14. The average molecular weight is 322 g/mol. The fourth-order valence-electron chi connectivity index (χ4n) is 0.201. The summed E-state index contributed by atoms with van der Waals surface area (Å²) < 4.78 is 4.80. The molecule has 1 radical (unpaired) electrons. The molecule has 0 saturated heterocycles. The first-order chi connectivity index (χ1) is 2.91. The van der Waals surface area contributed by atoms with Crippen LogP contribution in [0, 0.1) is 38.0 Å². The molecule has 39 valence electrons. The second kappa shape index (κ2) is 10.1. The fraction of sp³-hybridized carbons (Fsp3) is 0.750. The van der Waals surface area contributed by atoms with Gasteiger partial charge in [0.05, 0.1) is 0 Å². The molecular weight excluding hydrogens is 313 g/mol. The van der Waals surface area contributed by atoms with E-state index in [1.165, 1.54) is 0 Å². The first kappa shape index (κ1) is 11.0. The Morgan fingerprint density at radius 1 is 1.71 bits per heavy atom. The summed E-state index contributed by atoms with van der Waals surface area (Å²) in [5, 5.41) is 0. The molecule has 3 heteroatoms. The minimum Gasteiger partial charge on any atom is -0.443 e. The second-order valence-electron chi connectivity index (χ2n) is 0.960. The van der Waals surface area contributed by atoms with Gasteiger partial charge in [0.1, 0.15) is 0 Å². The van der Waals surface area contributed by atoms with E-state index in [4.69, 9.17) is 4.65 Å². The van der Waals surface area contributed by atoms with Crippen LogP contribution in [0.1, 0.15) is 6.42 Å². The van der Waals surface area contributed by atoms with Gasteiger partial charge in [0.15, 0.2) is 0 Å². The van der Waals surface area contributed by atoms with E-state index in [-0.39, 0.29) is 31.1 Å². The van der Waals surface area contributed by atoms with Crippen LogP contribution >= 0.6 is 0 Å². The van der Waals surface area contributed by atoms with Crippen molar-refractivity contribution in [1.82, 2.24) is 0 Å². The van der Waals surface area contributed by atoms with E-state index in [9.17, 15) is 0 Å². The first-order valence-corrected chi connectivity index (χ1v) is 2.10. The van der Waals surface area contributed by atoms with Crippen LogP contribution in [0.3, 0.4) is 0 Å². The van der Waals surface area contributed by atoms with E-state index in [1.807, 2.05) is 6.82 Å². The van der Waals surface area contributed by atoms with Gasteiger partial charge in [-0.15, -0.1) is 0 Å². The van der Waals surface area contributed by atoms with Gasteiger partial charge in [-0.05, 0) is 0 Å². The molecule has 0 bridgehead atoms. The molecule has 0 aliphatic carbocycles. The number of rotatable bonds is 3. The molecule has 7 heavy (non-hydrogen) atoms. The predicted octanol–water partition coefficient (Wildman–Crippen LogP) is 0.894. The van der Waals surface area contributed by atoms with Crippen molar-refractivity contribution in [1.29, 1.82) is 0 Å². The molecule has 0 N–H and O–H groups in total. The van der Waals surface area contributed by atoms with Crippen LogP contribution in [-0.2, 0) is 4.65 Å². The SMILES string of the molecule is [CH2-]CCO[B]C.[U]. The Morgan fingerprint density at radius 2 is 2.29 bits per heavy atom. The molecule has 0 rings (SSSR count). The Kier molecular flexibility index (Phi) is 15.9. The summed E-state index contributed by atoms with van der Waals surface area (Å²) in [7, 11) is 1.67. The van der Waals surface area contributed by atoms with E-state index in [1.54, 1.807) is 7.48 Å². The molecule has 1 nitrogen and oxygen atoms in total. The minimum atomic E-state index is 0. The van der Waals surface area contributed by atoms with Crippen molar-refractivity contribution in [2.75, 3.05) is 6.61 Å². The van der Waals surface area contributed by atoms with E-state index in [2.05, 4.69) is 6.92 Å². The molecular formula is C4H9BOU-. The number of hydrogen-bond donors (Lipinski definition) is 0. The molecule has 0 heterocycles. The van der Waals surface area contributed by atoms with Gasteiger partial charge < -0.3 is 11.6 Å². The van der Waals surface area contributed by atoms with E-state index >= 15 is 0 Å². The van der Waals surface area contributed by atoms with E-state index in [0.717, 1.165) is 13.0 Å². The van der Waals surface area contributed by atoms with Crippen LogP contribution in [0.15, 0.2) is 0 Å². The van der Waals surface area contributed by atoms with Crippen molar-refractivity contribution < 1.29 is 35.8 Å². The van der Waals surface area contributed by atoms with Gasteiger partial charge in [0.2, 0.25) is 0 Å². The molecule has 0 aromatic carbocycles. The summed E-state index contributed by atoms with van der Waals surface area (Å²) in [6, 6.07) is 0. The molecule has 0 fully saturated rings. The third-order valence-electron chi connectivity index (χ3n) is 0.429. The van der Waals surface area contributed by atoms with Crippen LogP contribution in [0.25, 0.3) is 0 Å². The Bertz CT molecular complexity index is 23.7. The van der Waals surface area contributed by atoms with Crippen molar-refractivity contribution in [2.24, 2.45) is 0 Å². The van der Waals surface area contributed by atoms with Gasteiger partial charge in [-0.3, -0.25) is 0 Å². The summed E-state index contributed by atoms with van der Waals surface area (Å²) in [5.74, 6) is 0. The van der Waals surface area contributed by atoms with Crippen molar-refractivity contribution in [3.05, 3.63) is 6.92 Å². The summed E-state index contributed by atoms with van der Waals surface area (Å²) in [6.45, 7) is 6.18. The molecule has 0 spiro atoms. The molecule has 0 aromatic rings. The van der Waals surface area contributed by atoms with Crippen LogP contribution < -0.4 is 0 Å². The van der Waals surface area contributed by atoms with Crippen LogP contribution in [0.5, 0.6) is 0 Å². The summed E-state index contributed by atoms with van der Waals surface area (Å²) in [4.78, 5) is 0. The Morgan fingerprint density at radius 3 is 2.43 bits per heavy atom. The molecule has 0 unspecified atom stereocenters. The Balaban J connectivity index is 0. The zero-order valence-electron chi connectivity index (χ0n) is 4.61. The fourth-order valence-corrected chi connectivity index (χ4v) is 0.201. The monoisotopic (exact) mass is 322 g/mol. The maximum Gasteiger partial charge on any atom is 0.288 e. The van der Waals surface area contributed by atoms with Crippen LogP contribution in [-0.4, -0.2) is 14.1 Å². The average Bonchev–Trinajstić information content (AvgIpc) is 1.61. The predicted molar refractivity (Wildman–Crippen MR) is 27.5 cm³/mol. The van der Waals surface area contributed by atoms with Crippen molar-refractivity contribution in [3.63, 3.8) is 0 Å². The number of hydrogen-bond acceptors (Lipinski definition) is 1. The molecule has 0 aliphatic rings. The van der Waals surface area contributed by atoms with Crippen LogP contribution in [0.2, 0.25) is 6.82 Å². The van der Waals surface area contributed by atoms with Crippen LogP contribution in [0.4, 0.5) is 0 Å². The smallest absolute Gasteiger partial charge is 0.288 e.